The molecule has 15 heavy (non-hydrogen) atoms. The number of anilines is 1. The number of nitrogen functional groups attached to an aromatic ring is 1. The molecular weight excluding hydrogens is 192 g/mol. The summed E-state index contributed by atoms with van der Waals surface area (Å²) in [6.45, 7) is 3.90. The summed E-state index contributed by atoms with van der Waals surface area (Å²) < 4.78 is 5.80. The predicted molar refractivity (Wildman–Crippen MR) is 56.5 cm³/mol. The highest BCUT2D eigenvalue weighted by Crippen LogP contribution is 2.13. The van der Waals surface area contributed by atoms with Crippen LogP contribution in [0, 0.1) is 6.92 Å². The third kappa shape index (κ3) is 2.79. The van der Waals surface area contributed by atoms with Crippen molar-refractivity contribution in [1.29, 1.82) is 0 Å². The van der Waals surface area contributed by atoms with Gasteiger partial charge >= 0.3 is 0 Å². The van der Waals surface area contributed by atoms with Crippen molar-refractivity contribution < 1.29 is 9.72 Å². The number of rotatable bonds is 2. The van der Waals surface area contributed by atoms with Gasteiger partial charge in [0, 0.05) is 6.92 Å². The minimum absolute atomic E-state index is 0.281. The van der Waals surface area contributed by atoms with E-state index in [2.05, 4.69) is 15.3 Å². The zero-order valence-electron chi connectivity index (χ0n) is 8.92. The van der Waals surface area contributed by atoms with E-state index in [1.807, 2.05) is 6.92 Å². The van der Waals surface area contributed by atoms with E-state index in [0.29, 0.717) is 11.7 Å². The van der Waals surface area contributed by atoms with Crippen LogP contribution in [0.15, 0.2) is 6.07 Å². The molecule has 1 aromatic rings. The number of nitrogens with two attached hydrogens (primary N) is 1. The molecule has 2 heterocycles. The van der Waals surface area contributed by atoms with Crippen molar-refractivity contribution >= 4 is 5.82 Å². The maximum Gasteiger partial charge on any atom is 0.298 e. The molecule has 1 saturated heterocycles. The van der Waals surface area contributed by atoms with Crippen molar-refractivity contribution in [2.45, 2.75) is 25.9 Å². The fourth-order valence-corrected chi connectivity index (χ4v) is 1.76. The first-order chi connectivity index (χ1) is 7.24. The number of piperidine rings is 1. The van der Waals surface area contributed by atoms with Crippen molar-refractivity contribution in [3.63, 3.8) is 0 Å². The SMILES string of the molecule is Cc1nc(N)cc(OC2CCNCC2)[nH+]1. The van der Waals surface area contributed by atoms with Gasteiger partial charge in [0.05, 0.1) is 6.07 Å². The molecule has 0 saturated carbocycles. The van der Waals surface area contributed by atoms with Gasteiger partial charge in [-0.3, -0.25) is 0 Å². The van der Waals surface area contributed by atoms with Gasteiger partial charge in [-0.05, 0) is 30.9 Å². The van der Waals surface area contributed by atoms with Crippen LogP contribution in [0.5, 0.6) is 5.88 Å². The van der Waals surface area contributed by atoms with Crippen molar-refractivity contribution in [1.82, 2.24) is 10.3 Å². The summed E-state index contributed by atoms with van der Waals surface area (Å²) in [5.74, 6) is 1.99. The molecule has 0 bridgehead atoms. The number of aryl methyl sites for hydroxylation is 1. The highest BCUT2D eigenvalue weighted by atomic mass is 16.5. The molecule has 1 aliphatic heterocycles. The van der Waals surface area contributed by atoms with Crippen molar-refractivity contribution in [3.8, 4) is 5.88 Å². The molecule has 1 fully saturated rings. The third-order valence-corrected chi connectivity index (χ3v) is 2.46. The first-order valence-corrected chi connectivity index (χ1v) is 5.28. The number of H-pyrrole nitrogens is 1. The molecule has 1 aromatic heterocycles. The van der Waals surface area contributed by atoms with Gasteiger partial charge in [-0.1, -0.05) is 0 Å². The number of nitrogens with one attached hydrogen (secondary N) is 2. The summed E-state index contributed by atoms with van der Waals surface area (Å²) in [5.41, 5.74) is 5.64. The fraction of sp³-hybridized carbons (Fsp3) is 0.600. The Hall–Kier alpha value is -1.36. The molecule has 5 heteroatoms. The van der Waals surface area contributed by atoms with Gasteiger partial charge in [-0.15, -0.1) is 0 Å². The molecule has 0 aliphatic carbocycles. The largest absolute Gasteiger partial charge is 0.459 e. The second-order valence-electron chi connectivity index (χ2n) is 3.82. The summed E-state index contributed by atoms with van der Waals surface area (Å²) in [6.07, 6.45) is 2.35. The first-order valence-electron chi connectivity index (χ1n) is 5.28. The summed E-state index contributed by atoms with van der Waals surface area (Å²) in [7, 11) is 0. The highest BCUT2D eigenvalue weighted by molar-refractivity contribution is 5.29. The molecule has 0 atom stereocenters. The molecule has 0 radical (unpaired) electrons. The summed E-state index contributed by atoms with van der Waals surface area (Å²) in [4.78, 5) is 7.12. The summed E-state index contributed by atoms with van der Waals surface area (Å²) in [6, 6.07) is 1.73. The average Bonchev–Trinajstić information content (AvgIpc) is 2.17. The van der Waals surface area contributed by atoms with Crippen LogP contribution in [0.4, 0.5) is 5.82 Å². The van der Waals surface area contributed by atoms with Crippen LogP contribution in [-0.2, 0) is 0 Å². The van der Waals surface area contributed by atoms with Gasteiger partial charge in [-0.25, -0.2) is 4.98 Å². The zero-order valence-corrected chi connectivity index (χ0v) is 8.92. The van der Waals surface area contributed by atoms with E-state index in [-0.39, 0.29) is 6.10 Å². The minimum atomic E-state index is 0.281. The molecular formula is C10H17N4O+. The number of aromatic amines is 1. The quantitative estimate of drug-likeness (QED) is 0.714. The fourth-order valence-electron chi connectivity index (χ4n) is 1.76. The van der Waals surface area contributed by atoms with E-state index < -0.39 is 0 Å². The number of ether oxygens (including phenoxy) is 1. The Kier molecular flexibility index (Phi) is 3.01. The van der Waals surface area contributed by atoms with Crippen LogP contribution in [0.3, 0.4) is 0 Å². The maximum absolute atomic E-state index is 5.80. The highest BCUT2D eigenvalue weighted by Gasteiger charge is 2.17. The monoisotopic (exact) mass is 209 g/mol. The Balaban J connectivity index is 2.02. The number of hydrogen-bond donors (Lipinski definition) is 2. The van der Waals surface area contributed by atoms with Gasteiger partial charge in [0.25, 0.3) is 11.7 Å². The van der Waals surface area contributed by atoms with Gasteiger partial charge in [0.2, 0.25) is 5.82 Å². The van der Waals surface area contributed by atoms with Gasteiger partial charge in [-0.2, -0.15) is 0 Å². The third-order valence-electron chi connectivity index (χ3n) is 2.46. The van der Waals surface area contributed by atoms with Gasteiger partial charge in [0.1, 0.15) is 6.10 Å². The molecule has 0 spiro atoms. The van der Waals surface area contributed by atoms with Crippen molar-refractivity contribution in [3.05, 3.63) is 11.9 Å². The standard InChI is InChI=1S/C10H16N4O/c1-7-13-9(11)6-10(14-7)15-8-2-4-12-5-3-8/h6,8,12H,2-5H2,1H3,(H2,11,13,14)/p+1. The smallest absolute Gasteiger partial charge is 0.298 e. The van der Waals surface area contributed by atoms with Crippen molar-refractivity contribution in [2.75, 3.05) is 18.8 Å². The number of aromatic nitrogens is 2. The van der Waals surface area contributed by atoms with E-state index >= 15 is 0 Å². The Bertz CT molecular complexity index is 316. The summed E-state index contributed by atoms with van der Waals surface area (Å²) >= 11 is 0. The van der Waals surface area contributed by atoms with E-state index in [4.69, 9.17) is 10.5 Å². The topological polar surface area (TPSA) is 74.3 Å². The van der Waals surface area contributed by atoms with E-state index in [9.17, 15) is 0 Å². The van der Waals surface area contributed by atoms with Crippen molar-refractivity contribution in [2.24, 2.45) is 0 Å². The lowest BCUT2D eigenvalue weighted by Gasteiger charge is -2.22. The predicted octanol–water partition coefficient (Wildman–Crippen LogP) is -0.0829. The molecule has 0 unspecified atom stereocenters. The van der Waals surface area contributed by atoms with E-state index in [1.165, 1.54) is 0 Å². The van der Waals surface area contributed by atoms with Crippen LogP contribution >= 0.6 is 0 Å². The molecule has 82 valence electrons. The normalized spacial score (nSPS) is 17.7. The second-order valence-corrected chi connectivity index (χ2v) is 3.82. The second kappa shape index (κ2) is 4.44. The number of nitrogens with zero attached hydrogens (tertiary/aromatic N) is 1. The van der Waals surface area contributed by atoms with Crippen LogP contribution in [0.2, 0.25) is 0 Å². The van der Waals surface area contributed by atoms with Gasteiger partial charge < -0.3 is 15.8 Å². The summed E-state index contributed by atoms with van der Waals surface area (Å²) in [5, 5.41) is 3.30. The van der Waals surface area contributed by atoms with E-state index in [1.54, 1.807) is 6.07 Å². The minimum Gasteiger partial charge on any atom is -0.459 e. The molecule has 4 N–H and O–H groups in total. The molecule has 2 rings (SSSR count). The Labute approximate surface area is 89.1 Å². The lowest BCUT2D eigenvalue weighted by Crippen LogP contribution is -2.35. The first kappa shape index (κ1) is 10.2. The van der Waals surface area contributed by atoms with Crippen LogP contribution in [-0.4, -0.2) is 24.2 Å². The Morgan fingerprint density at radius 3 is 2.93 bits per heavy atom. The lowest BCUT2D eigenvalue weighted by atomic mass is 10.1. The average molecular weight is 209 g/mol. The zero-order chi connectivity index (χ0) is 10.7. The molecule has 0 aromatic carbocycles. The Morgan fingerprint density at radius 2 is 2.27 bits per heavy atom. The number of hydrogen-bond acceptors (Lipinski definition) is 4. The maximum atomic E-state index is 5.80. The molecule has 0 amide bonds. The van der Waals surface area contributed by atoms with Gasteiger partial charge in [0.15, 0.2) is 0 Å². The molecule has 1 aliphatic rings. The Morgan fingerprint density at radius 1 is 1.53 bits per heavy atom. The van der Waals surface area contributed by atoms with Crippen LogP contribution in [0.25, 0.3) is 0 Å². The van der Waals surface area contributed by atoms with Crippen LogP contribution in [0.1, 0.15) is 18.7 Å². The van der Waals surface area contributed by atoms with Crippen LogP contribution < -0.4 is 20.8 Å². The van der Waals surface area contributed by atoms with E-state index in [0.717, 1.165) is 31.8 Å². The molecule has 5 nitrogen and oxygen atoms in total. The lowest BCUT2D eigenvalue weighted by molar-refractivity contribution is -0.410.